The first-order valence-electron chi connectivity index (χ1n) is 7.93. The third kappa shape index (κ3) is 5.64. The maximum Gasteiger partial charge on any atom is 0.347 e. The van der Waals surface area contributed by atoms with Gasteiger partial charge in [-0.15, -0.1) is 11.8 Å². The Hall–Kier alpha value is -1.94. The van der Waals surface area contributed by atoms with E-state index in [2.05, 4.69) is 6.92 Å². The number of phenols is 1. The lowest BCUT2D eigenvalue weighted by Crippen LogP contribution is -2.08. The van der Waals surface area contributed by atoms with Crippen molar-refractivity contribution in [2.24, 2.45) is 0 Å². The molecule has 0 atom stereocenters. The largest absolute Gasteiger partial charge is 0.507 e. The van der Waals surface area contributed by atoms with E-state index in [-0.39, 0.29) is 11.3 Å². The molecule has 122 valence electrons. The third-order valence-electron chi connectivity index (χ3n) is 3.41. The number of carbonyl (C=O) groups is 1. The fourth-order valence-electron chi connectivity index (χ4n) is 2.15. The predicted molar refractivity (Wildman–Crippen MR) is 94.4 cm³/mol. The summed E-state index contributed by atoms with van der Waals surface area (Å²) in [4.78, 5) is 13.2. The average Bonchev–Trinajstić information content (AvgIpc) is 2.55. The number of benzene rings is 2. The number of thioether (sulfide) groups is 1. The van der Waals surface area contributed by atoms with Gasteiger partial charge in [-0.05, 0) is 42.5 Å². The number of rotatable bonds is 8. The van der Waals surface area contributed by atoms with Gasteiger partial charge in [-0.25, -0.2) is 4.79 Å². The highest BCUT2D eigenvalue weighted by Gasteiger charge is 2.12. The molecule has 2 aromatic carbocycles. The molecule has 4 heteroatoms. The fourth-order valence-corrected chi connectivity index (χ4v) is 3.11. The van der Waals surface area contributed by atoms with E-state index in [1.54, 1.807) is 36.0 Å². The molecule has 2 rings (SSSR count). The Bertz CT molecular complexity index is 640. The van der Waals surface area contributed by atoms with Gasteiger partial charge >= 0.3 is 5.97 Å². The molecule has 0 aromatic heterocycles. The van der Waals surface area contributed by atoms with E-state index >= 15 is 0 Å². The minimum atomic E-state index is -0.548. The molecule has 23 heavy (non-hydrogen) atoms. The molecule has 3 nitrogen and oxygen atoms in total. The molecule has 0 aliphatic carbocycles. The van der Waals surface area contributed by atoms with Crippen LogP contribution in [0.25, 0.3) is 0 Å². The minimum Gasteiger partial charge on any atom is -0.507 e. The van der Waals surface area contributed by atoms with Crippen molar-refractivity contribution >= 4 is 17.7 Å². The molecule has 0 saturated carbocycles. The van der Waals surface area contributed by atoms with Gasteiger partial charge in [0.25, 0.3) is 0 Å². The summed E-state index contributed by atoms with van der Waals surface area (Å²) in [5.74, 6) is 0.945. The van der Waals surface area contributed by atoms with Gasteiger partial charge in [0.1, 0.15) is 17.1 Å². The molecule has 0 aliphatic rings. The SMILES string of the molecule is CCCCCCSc1cccc(OC(=O)c2ccccc2O)c1. The van der Waals surface area contributed by atoms with Crippen LogP contribution in [0.15, 0.2) is 53.4 Å². The summed E-state index contributed by atoms with van der Waals surface area (Å²) < 4.78 is 5.35. The molecule has 0 radical (unpaired) electrons. The highest BCUT2D eigenvalue weighted by Crippen LogP contribution is 2.25. The molecule has 2 aromatic rings. The summed E-state index contributed by atoms with van der Waals surface area (Å²) in [5.41, 5.74) is 0.171. The van der Waals surface area contributed by atoms with Gasteiger partial charge in [0.2, 0.25) is 0 Å². The normalized spacial score (nSPS) is 10.5. The lowest BCUT2D eigenvalue weighted by atomic mass is 10.2. The number of esters is 1. The van der Waals surface area contributed by atoms with Crippen molar-refractivity contribution in [2.75, 3.05) is 5.75 Å². The van der Waals surface area contributed by atoms with Crippen molar-refractivity contribution < 1.29 is 14.6 Å². The maximum absolute atomic E-state index is 12.1. The van der Waals surface area contributed by atoms with Crippen molar-refractivity contribution in [3.8, 4) is 11.5 Å². The minimum absolute atomic E-state index is 0.0704. The molecular weight excluding hydrogens is 308 g/mol. The first-order valence-corrected chi connectivity index (χ1v) is 8.92. The van der Waals surface area contributed by atoms with Crippen molar-refractivity contribution in [1.29, 1.82) is 0 Å². The summed E-state index contributed by atoms with van der Waals surface area (Å²) in [6.45, 7) is 2.20. The molecular formula is C19H22O3S. The smallest absolute Gasteiger partial charge is 0.347 e. The predicted octanol–water partition coefficient (Wildman–Crippen LogP) is 5.28. The number of hydrogen-bond acceptors (Lipinski definition) is 4. The zero-order valence-corrected chi connectivity index (χ0v) is 14.1. The Labute approximate surface area is 141 Å². The molecule has 0 heterocycles. The fraction of sp³-hybridized carbons (Fsp3) is 0.316. The van der Waals surface area contributed by atoms with E-state index < -0.39 is 5.97 Å². The van der Waals surface area contributed by atoms with Crippen LogP contribution in [-0.2, 0) is 0 Å². The summed E-state index contributed by atoms with van der Waals surface area (Å²) in [7, 11) is 0. The lowest BCUT2D eigenvalue weighted by Gasteiger charge is -2.07. The molecule has 0 saturated heterocycles. The number of phenolic OH excluding ortho intramolecular Hbond substituents is 1. The van der Waals surface area contributed by atoms with E-state index in [0.717, 1.165) is 10.6 Å². The van der Waals surface area contributed by atoms with E-state index in [1.807, 2.05) is 18.2 Å². The second kappa shape index (κ2) is 9.26. The van der Waals surface area contributed by atoms with E-state index in [0.29, 0.717) is 5.75 Å². The second-order valence-corrected chi connectivity index (χ2v) is 6.46. The van der Waals surface area contributed by atoms with Crippen LogP contribution in [0.2, 0.25) is 0 Å². The number of para-hydroxylation sites is 1. The average molecular weight is 330 g/mol. The number of unbranched alkanes of at least 4 members (excludes halogenated alkanes) is 3. The Morgan fingerprint density at radius 1 is 1.09 bits per heavy atom. The standard InChI is InChI=1S/C19H22O3S/c1-2-3-4-7-13-23-16-10-8-9-15(14-16)22-19(21)17-11-5-6-12-18(17)20/h5-6,8-12,14,20H,2-4,7,13H2,1H3. The van der Waals surface area contributed by atoms with Gasteiger partial charge in [0.15, 0.2) is 0 Å². The van der Waals surface area contributed by atoms with Crippen LogP contribution in [-0.4, -0.2) is 16.8 Å². The highest BCUT2D eigenvalue weighted by atomic mass is 32.2. The molecule has 0 spiro atoms. The van der Waals surface area contributed by atoms with Crippen LogP contribution < -0.4 is 4.74 Å². The Morgan fingerprint density at radius 2 is 1.91 bits per heavy atom. The van der Waals surface area contributed by atoms with Gasteiger partial charge in [0, 0.05) is 4.90 Å². The summed E-state index contributed by atoms with van der Waals surface area (Å²) in [6, 6.07) is 13.9. The highest BCUT2D eigenvalue weighted by molar-refractivity contribution is 7.99. The number of ether oxygens (including phenoxy) is 1. The molecule has 0 unspecified atom stereocenters. The number of carbonyl (C=O) groups excluding carboxylic acids is 1. The van der Waals surface area contributed by atoms with Gasteiger partial charge in [-0.2, -0.15) is 0 Å². The van der Waals surface area contributed by atoms with Crippen molar-refractivity contribution in [3.05, 3.63) is 54.1 Å². The number of aromatic hydroxyl groups is 1. The first kappa shape index (κ1) is 17.4. The summed E-state index contributed by atoms with van der Waals surface area (Å²) >= 11 is 1.77. The Balaban J connectivity index is 1.92. The van der Waals surface area contributed by atoms with Gasteiger partial charge in [-0.1, -0.05) is 44.4 Å². The maximum atomic E-state index is 12.1. The molecule has 0 fully saturated rings. The Morgan fingerprint density at radius 3 is 2.70 bits per heavy atom. The summed E-state index contributed by atoms with van der Waals surface area (Å²) in [6.07, 6.45) is 4.97. The molecule has 0 aliphatic heterocycles. The van der Waals surface area contributed by atoms with Crippen LogP contribution in [0.4, 0.5) is 0 Å². The summed E-state index contributed by atoms with van der Waals surface area (Å²) in [5, 5.41) is 9.70. The number of hydrogen-bond donors (Lipinski definition) is 1. The van der Waals surface area contributed by atoms with Crippen LogP contribution in [0, 0.1) is 0 Å². The van der Waals surface area contributed by atoms with Crippen LogP contribution >= 0.6 is 11.8 Å². The van der Waals surface area contributed by atoms with Gasteiger partial charge in [0.05, 0.1) is 0 Å². The van der Waals surface area contributed by atoms with E-state index in [9.17, 15) is 9.90 Å². The second-order valence-electron chi connectivity index (χ2n) is 5.29. The van der Waals surface area contributed by atoms with Crippen LogP contribution in [0.5, 0.6) is 11.5 Å². The molecule has 0 bridgehead atoms. The van der Waals surface area contributed by atoms with Gasteiger partial charge in [-0.3, -0.25) is 0 Å². The van der Waals surface area contributed by atoms with E-state index in [4.69, 9.17) is 4.74 Å². The van der Waals surface area contributed by atoms with Gasteiger partial charge < -0.3 is 9.84 Å². The molecule has 0 amide bonds. The monoisotopic (exact) mass is 330 g/mol. The topological polar surface area (TPSA) is 46.5 Å². The molecule has 1 N–H and O–H groups in total. The quantitative estimate of drug-likeness (QED) is 0.309. The first-order chi connectivity index (χ1) is 11.2. The zero-order valence-electron chi connectivity index (χ0n) is 13.3. The third-order valence-corrected chi connectivity index (χ3v) is 4.49. The Kier molecular flexibility index (Phi) is 7.01. The van der Waals surface area contributed by atoms with Crippen molar-refractivity contribution in [2.45, 2.75) is 37.5 Å². The lowest BCUT2D eigenvalue weighted by molar-refractivity contribution is 0.0731. The van der Waals surface area contributed by atoms with E-state index in [1.165, 1.54) is 31.7 Å². The zero-order chi connectivity index (χ0) is 16.5. The van der Waals surface area contributed by atoms with Crippen molar-refractivity contribution in [3.63, 3.8) is 0 Å². The van der Waals surface area contributed by atoms with Crippen molar-refractivity contribution in [1.82, 2.24) is 0 Å². The van der Waals surface area contributed by atoms with Crippen LogP contribution in [0.3, 0.4) is 0 Å². The van der Waals surface area contributed by atoms with Crippen LogP contribution in [0.1, 0.15) is 43.0 Å².